The summed E-state index contributed by atoms with van der Waals surface area (Å²) >= 11 is 3.22. The fourth-order valence-corrected chi connectivity index (χ4v) is 0.936. The van der Waals surface area contributed by atoms with E-state index in [0.717, 1.165) is 10.4 Å². The van der Waals surface area contributed by atoms with Gasteiger partial charge in [0, 0.05) is 6.20 Å². The van der Waals surface area contributed by atoms with Crippen LogP contribution in [0.4, 0.5) is 0 Å². The number of aromatic nitrogens is 1. The zero-order chi connectivity index (χ0) is 8.69. The van der Waals surface area contributed by atoms with Gasteiger partial charge in [-0.25, -0.2) is 4.98 Å². The fraction of sp³-hybridized carbons (Fsp3) is 0.143. The highest BCUT2D eigenvalue weighted by Crippen LogP contribution is 2.19. The van der Waals surface area contributed by atoms with Crippen molar-refractivity contribution in [1.82, 2.24) is 4.98 Å². The molecule has 0 aromatic carbocycles. The van der Waals surface area contributed by atoms with E-state index in [9.17, 15) is 0 Å². The number of hydrogen-bond acceptors (Lipinski definition) is 3. The molecule has 0 atom stereocenters. The van der Waals surface area contributed by atoms with Crippen molar-refractivity contribution in [3.63, 3.8) is 0 Å². The number of ether oxygens (including phenoxy) is 1. The first kappa shape index (κ1) is 10.1. The molecule has 1 heterocycles. The van der Waals surface area contributed by atoms with Crippen LogP contribution in [0.15, 0.2) is 22.9 Å². The molecular weight excluding hydrogens is 210 g/mol. The van der Waals surface area contributed by atoms with E-state index in [4.69, 9.17) is 9.53 Å². The molecule has 1 aromatic heterocycles. The molecule has 0 amide bonds. The second-order valence-electron chi connectivity index (χ2n) is 1.50. The molecule has 60 valence electrons. The Balaban J connectivity index is 0.000000461. The van der Waals surface area contributed by atoms with Gasteiger partial charge in [-0.3, -0.25) is 0 Å². The third-order valence-corrected chi connectivity index (χ3v) is 1.54. The van der Waals surface area contributed by atoms with Gasteiger partial charge in [-0.05, 0) is 28.1 Å². The lowest BCUT2D eigenvalue weighted by Crippen LogP contribution is -1.84. The molecule has 0 radical (unpaired) electrons. The van der Waals surface area contributed by atoms with Crippen LogP contribution in [0.2, 0.25) is 0 Å². The maximum atomic E-state index is 8.00. The molecule has 0 aliphatic carbocycles. The minimum absolute atomic E-state index is 0.743. The summed E-state index contributed by atoms with van der Waals surface area (Å²) in [5.41, 5.74) is 0. The summed E-state index contributed by atoms with van der Waals surface area (Å²) in [6, 6.07) is 3.67. The van der Waals surface area contributed by atoms with Crippen molar-refractivity contribution in [2.24, 2.45) is 0 Å². The molecule has 1 rings (SSSR count). The SMILES string of the molecule is C=O.COc1cccnc1Br. The van der Waals surface area contributed by atoms with Crippen molar-refractivity contribution < 1.29 is 9.53 Å². The molecule has 0 spiro atoms. The van der Waals surface area contributed by atoms with Crippen LogP contribution in [0.3, 0.4) is 0 Å². The Bertz CT molecular complexity index is 217. The van der Waals surface area contributed by atoms with Crippen molar-refractivity contribution in [2.75, 3.05) is 7.11 Å². The average Bonchev–Trinajstić information content (AvgIpc) is 2.09. The molecule has 11 heavy (non-hydrogen) atoms. The number of pyridine rings is 1. The normalized spacial score (nSPS) is 7.82. The minimum Gasteiger partial charge on any atom is -0.494 e. The van der Waals surface area contributed by atoms with E-state index in [2.05, 4.69) is 20.9 Å². The number of rotatable bonds is 1. The molecule has 0 saturated heterocycles. The van der Waals surface area contributed by atoms with Crippen LogP contribution in [-0.4, -0.2) is 18.9 Å². The zero-order valence-electron chi connectivity index (χ0n) is 6.08. The van der Waals surface area contributed by atoms with Gasteiger partial charge in [0.25, 0.3) is 0 Å². The summed E-state index contributed by atoms with van der Waals surface area (Å²) < 4.78 is 5.68. The van der Waals surface area contributed by atoms with Crippen LogP contribution in [0.1, 0.15) is 0 Å². The van der Waals surface area contributed by atoms with Crippen molar-refractivity contribution in [1.29, 1.82) is 0 Å². The Hall–Kier alpha value is -0.900. The predicted octanol–water partition coefficient (Wildman–Crippen LogP) is 1.67. The van der Waals surface area contributed by atoms with Gasteiger partial charge in [-0.2, -0.15) is 0 Å². The van der Waals surface area contributed by atoms with E-state index in [0.29, 0.717) is 0 Å². The van der Waals surface area contributed by atoms with Gasteiger partial charge in [0.05, 0.1) is 7.11 Å². The standard InChI is InChI=1S/C6H6BrNO.CH2O/c1-9-5-3-2-4-8-6(5)7;1-2/h2-4H,1H3;1H2. The molecule has 0 fully saturated rings. The Morgan fingerprint density at radius 2 is 2.27 bits per heavy atom. The summed E-state index contributed by atoms with van der Waals surface area (Å²) in [5.74, 6) is 0.762. The summed E-state index contributed by atoms with van der Waals surface area (Å²) in [4.78, 5) is 11.9. The Morgan fingerprint density at radius 1 is 1.64 bits per heavy atom. The van der Waals surface area contributed by atoms with Crippen LogP contribution in [0, 0.1) is 0 Å². The highest BCUT2D eigenvalue weighted by molar-refractivity contribution is 9.10. The summed E-state index contributed by atoms with van der Waals surface area (Å²) in [6.07, 6.45) is 1.70. The van der Waals surface area contributed by atoms with Crippen molar-refractivity contribution in [3.05, 3.63) is 22.9 Å². The summed E-state index contributed by atoms with van der Waals surface area (Å²) in [6.45, 7) is 2.00. The molecule has 1 aromatic rings. The van der Waals surface area contributed by atoms with Gasteiger partial charge in [-0.1, -0.05) is 0 Å². The minimum atomic E-state index is 0.743. The van der Waals surface area contributed by atoms with Crippen molar-refractivity contribution >= 4 is 22.7 Å². The Labute approximate surface area is 73.5 Å². The number of nitrogens with zero attached hydrogens (tertiary/aromatic N) is 1. The quantitative estimate of drug-likeness (QED) is 0.673. The van der Waals surface area contributed by atoms with Crippen molar-refractivity contribution in [2.45, 2.75) is 0 Å². The van der Waals surface area contributed by atoms with Crippen LogP contribution in [0.25, 0.3) is 0 Å². The second kappa shape index (κ2) is 5.85. The molecule has 3 nitrogen and oxygen atoms in total. The Morgan fingerprint density at radius 3 is 2.64 bits per heavy atom. The first-order valence-electron chi connectivity index (χ1n) is 2.78. The fourth-order valence-electron chi connectivity index (χ4n) is 0.524. The van der Waals surface area contributed by atoms with Gasteiger partial charge >= 0.3 is 0 Å². The maximum absolute atomic E-state index is 8.00. The third-order valence-electron chi connectivity index (χ3n) is 0.945. The number of hydrogen-bond donors (Lipinski definition) is 0. The molecule has 0 unspecified atom stereocenters. The molecule has 0 saturated carbocycles. The van der Waals surface area contributed by atoms with Crippen LogP contribution in [0.5, 0.6) is 5.75 Å². The topological polar surface area (TPSA) is 39.2 Å². The smallest absolute Gasteiger partial charge is 0.151 e. The zero-order valence-corrected chi connectivity index (χ0v) is 7.67. The number of halogens is 1. The Kier molecular flexibility index (Phi) is 5.37. The van der Waals surface area contributed by atoms with Crippen LogP contribution >= 0.6 is 15.9 Å². The van der Waals surface area contributed by atoms with E-state index in [1.165, 1.54) is 0 Å². The summed E-state index contributed by atoms with van der Waals surface area (Å²) in [5, 5.41) is 0. The maximum Gasteiger partial charge on any atom is 0.151 e. The van der Waals surface area contributed by atoms with Crippen molar-refractivity contribution in [3.8, 4) is 5.75 Å². The highest BCUT2D eigenvalue weighted by atomic mass is 79.9. The average molecular weight is 218 g/mol. The lowest BCUT2D eigenvalue weighted by molar-refractivity contribution is -0.0979. The third kappa shape index (κ3) is 3.13. The van der Waals surface area contributed by atoms with Gasteiger partial charge in [0.2, 0.25) is 0 Å². The van der Waals surface area contributed by atoms with Crippen LogP contribution in [-0.2, 0) is 4.79 Å². The largest absolute Gasteiger partial charge is 0.494 e. The monoisotopic (exact) mass is 217 g/mol. The number of carbonyl (C=O) groups excluding carboxylic acids is 1. The first-order valence-corrected chi connectivity index (χ1v) is 3.57. The van der Waals surface area contributed by atoms with E-state index >= 15 is 0 Å². The molecule has 0 N–H and O–H groups in total. The second-order valence-corrected chi connectivity index (χ2v) is 2.25. The predicted molar refractivity (Wildman–Crippen MR) is 45.6 cm³/mol. The molecule has 0 bridgehead atoms. The van der Waals surface area contributed by atoms with E-state index in [1.54, 1.807) is 13.3 Å². The lowest BCUT2D eigenvalue weighted by atomic mass is 10.5. The van der Waals surface area contributed by atoms with E-state index < -0.39 is 0 Å². The highest BCUT2D eigenvalue weighted by Gasteiger charge is 1.94. The first-order chi connectivity index (χ1) is 5.34. The molecular formula is C7H8BrNO2. The van der Waals surface area contributed by atoms with Gasteiger partial charge in [0.1, 0.15) is 11.4 Å². The molecule has 4 heteroatoms. The van der Waals surface area contributed by atoms with Gasteiger partial charge < -0.3 is 9.53 Å². The number of methoxy groups -OCH3 is 1. The number of carbonyl (C=O) groups is 1. The van der Waals surface area contributed by atoms with Gasteiger partial charge in [-0.15, -0.1) is 0 Å². The van der Waals surface area contributed by atoms with E-state index in [1.807, 2.05) is 18.9 Å². The molecule has 0 aliphatic rings. The lowest BCUT2D eigenvalue weighted by Gasteiger charge is -1.98. The van der Waals surface area contributed by atoms with Crippen LogP contribution < -0.4 is 4.74 Å². The van der Waals surface area contributed by atoms with Gasteiger partial charge in [0.15, 0.2) is 5.75 Å². The summed E-state index contributed by atoms with van der Waals surface area (Å²) in [7, 11) is 1.61. The van der Waals surface area contributed by atoms with E-state index in [-0.39, 0.29) is 0 Å². The molecule has 0 aliphatic heterocycles.